The Morgan fingerprint density at radius 2 is 1.74 bits per heavy atom. The van der Waals surface area contributed by atoms with Crippen LogP contribution >= 0.6 is 12.4 Å². The normalized spacial score (nSPS) is 22.6. The number of hydrogen-bond acceptors (Lipinski definition) is 2. The third kappa shape index (κ3) is 3.71. The van der Waals surface area contributed by atoms with Crippen LogP contribution in [0.5, 0.6) is 0 Å². The van der Waals surface area contributed by atoms with Crippen molar-refractivity contribution in [1.82, 2.24) is 4.90 Å². The smallest absolute Gasteiger partial charge is 0.159 e. The van der Waals surface area contributed by atoms with Crippen LogP contribution in [0.25, 0.3) is 0 Å². The number of halogens is 3. The van der Waals surface area contributed by atoms with Gasteiger partial charge < -0.3 is 5.73 Å². The lowest BCUT2D eigenvalue weighted by Crippen LogP contribution is -2.30. The summed E-state index contributed by atoms with van der Waals surface area (Å²) >= 11 is 0. The first kappa shape index (κ1) is 17.9. The maximum Gasteiger partial charge on any atom is 0.159 e. The lowest BCUT2D eigenvalue weighted by molar-refractivity contribution is 0.256. The first-order chi connectivity index (χ1) is 10.6. The molecule has 0 saturated carbocycles. The molecule has 3 atom stereocenters. The molecule has 124 valence electrons. The Labute approximate surface area is 141 Å². The van der Waals surface area contributed by atoms with Crippen LogP contribution in [-0.2, 0) is 0 Å². The summed E-state index contributed by atoms with van der Waals surface area (Å²) in [5.74, 6) is -1.34. The van der Waals surface area contributed by atoms with Crippen molar-refractivity contribution >= 4 is 12.4 Å². The van der Waals surface area contributed by atoms with Crippen LogP contribution in [0.2, 0.25) is 0 Å². The van der Waals surface area contributed by atoms with E-state index >= 15 is 0 Å². The summed E-state index contributed by atoms with van der Waals surface area (Å²) in [4.78, 5) is 2.23. The molecular weight excluding hydrogens is 318 g/mol. The average molecular weight is 339 g/mol. The van der Waals surface area contributed by atoms with Crippen LogP contribution in [-0.4, -0.2) is 24.0 Å². The summed E-state index contributed by atoms with van der Waals surface area (Å²) in [6, 6.07) is 14.4. The van der Waals surface area contributed by atoms with E-state index in [1.165, 1.54) is 17.7 Å². The zero-order valence-electron chi connectivity index (χ0n) is 13.0. The minimum absolute atomic E-state index is 0. The molecule has 2 nitrogen and oxygen atoms in total. The van der Waals surface area contributed by atoms with Gasteiger partial charge in [0.25, 0.3) is 0 Å². The predicted molar refractivity (Wildman–Crippen MR) is 90.8 cm³/mol. The maximum absolute atomic E-state index is 13.4. The van der Waals surface area contributed by atoms with Crippen molar-refractivity contribution in [3.8, 4) is 0 Å². The van der Waals surface area contributed by atoms with E-state index in [1.54, 1.807) is 6.07 Å². The summed E-state index contributed by atoms with van der Waals surface area (Å²) in [7, 11) is 0. The average Bonchev–Trinajstić information content (AvgIpc) is 2.92. The van der Waals surface area contributed by atoms with Gasteiger partial charge in [-0.05, 0) is 30.2 Å². The largest absolute Gasteiger partial charge is 0.326 e. The molecule has 2 N–H and O–H groups in total. The van der Waals surface area contributed by atoms with Crippen LogP contribution in [0.3, 0.4) is 0 Å². The van der Waals surface area contributed by atoms with Crippen molar-refractivity contribution in [3.05, 3.63) is 71.3 Å². The predicted octanol–water partition coefficient (Wildman–Crippen LogP) is 3.87. The van der Waals surface area contributed by atoms with Gasteiger partial charge in [0.2, 0.25) is 0 Å². The highest BCUT2D eigenvalue weighted by atomic mass is 35.5. The number of nitrogens with zero attached hydrogens (tertiary/aromatic N) is 1. The number of nitrogens with two attached hydrogens (primary N) is 1. The molecule has 0 radical (unpaired) electrons. The van der Waals surface area contributed by atoms with E-state index in [0.29, 0.717) is 0 Å². The highest BCUT2D eigenvalue weighted by Crippen LogP contribution is 2.32. The van der Waals surface area contributed by atoms with Crippen molar-refractivity contribution in [2.45, 2.75) is 24.9 Å². The number of hydrogen-bond donors (Lipinski definition) is 1. The standard InChI is InChI=1S/C18H20F2N2.ClH/c1-12(14-7-8-16(19)17(20)9-14)22-10-15(18(21)11-22)13-5-3-2-4-6-13;/h2-9,12,15,18H,10-11,21H2,1H3;1H/t12?,15-,18+;/m0./s1. The van der Waals surface area contributed by atoms with E-state index in [4.69, 9.17) is 5.73 Å². The molecule has 1 aliphatic rings. The van der Waals surface area contributed by atoms with Gasteiger partial charge in [0, 0.05) is 31.1 Å². The fraction of sp³-hybridized carbons (Fsp3) is 0.333. The van der Waals surface area contributed by atoms with Gasteiger partial charge in [-0.2, -0.15) is 0 Å². The summed E-state index contributed by atoms with van der Waals surface area (Å²) in [6.45, 7) is 3.58. The Kier molecular flexibility index (Phi) is 5.74. The van der Waals surface area contributed by atoms with E-state index in [-0.39, 0.29) is 30.4 Å². The van der Waals surface area contributed by atoms with Crippen molar-refractivity contribution in [1.29, 1.82) is 0 Å². The molecular formula is C18H21ClF2N2. The first-order valence-electron chi connectivity index (χ1n) is 7.56. The molecule has 1 heterocycles. The maximum atomic E-state index is 13.4. The van der Waals surface area contributed by atoms with Gasteiger partial charge in [-0.3, -0.25) is 4.90 Å². The van der Waals surface area contributed by atoms with E-state index < -0.39 is 11.6 Å². The molecule has 2 aromatic rings. The Morgan fingerprint density at radius 3 is 2.39 bits per heavy atom. The fourth-order valence-electron chi connectivity index (χ4n) is 3.21. The molecule has 0 bridgehead atoms. The summed E-state index contributed by atoms with van der Waals surface area (Å²) < 4.78 is 26.5. The van der Waals surface area contributed by atoms with Crippen LogP contribution in [0, 0.1) is 11.6 Å². The molecule has 1 unspecified atom stereocenters. The molecule has 23 heavy (non-hydrogen) atoms. The first-order valence-corrected chi connectivity index (χ1v) is 7.56. The second kappa shape index (κ2) is 7.39. The molecule has 0 spiro atoms. The second-order valence-corrected chi connectivity index (χ2v) is 5.98. The van der Waals surface area contributed by atoms with Gasteiger partial charge in [-0.25, -0.2) is 8.78 Å². The molecule has 3 rings (SSSR count). The summed E-state index contributed by atoms with van der Waals surface area (Å²) in [6.07, 6.45) is 0. The fourth-order valence-corrected chi connectivity index (χ4v) is 3.21. The molecule has 1 aliphatic heterocycles. The molecule has 1 fully saturated rings. The van der Waals surface area contributed by atoms with Crippen LogP contribution in [0.1, 0.15) is 30.0 Å². The van der Waals surface area contributed by atoms with Gasteiger partial charge in [0.15, 0.2) is 11.6 Å². The van der Waals surface area contributed by atoms with Crippen LogP contribution in [0.15, 0.2) is 48.5 Å². The van der Waals surface area contributed by atoms with Crippen molar-refractivity contribution in [2.24, 2.45) is 5.73 Å². The Hall–Kier alpha value is -1.49. The molecule has 1 saturated heterocycles. The highest BCUT2D eigenvalue weighted by Gasteiger charge is 2.34. The topological polar surface area (TPSA) is 29.3 Å². The monoisotopic (exact) mass is 338 g/mol. The Balaban J connectivity index is 0.00000192. The molecule has 0 amide bonds. The zero-order valence-corrected chi connectivity index (χ0v) is 13.8. The molecule has 0 aromatic heterocycles. The van der Waals surface area contributed by atoms with Crippen molar-refractivity contribution in [2.75, 3.05) is 13.1 Å². The summed E-state index contributed by atoms with van der Waals surface area (Å²) in [5.41, 5.74) is 8.30. The Bertz CT molecular complexity index is 651. The number of rotatable bonds is 3. The molecule has 2 aromatic carbocycles. The molecule has 0 aliphatic carbocycles. The SMILES string of the molecule is CC(c1ccc(F)c(F)c1)N1C[C@@H](N)[C@H](c2ccccc2)C1.Cl. The van der Waals surface area contributed by atoms with Crippen LogP contribution < -0.4 is 5.73 Å². The summed E-state index contributed by atoms with van der Waals surface area (Å²) in [5, 5.41) is 0. The van der Waals surface area contributed by atoms with Gasteiger partial charge in [-0.15, -0.1) is 12.4 Å². The zero-order chi connectivity index (χ0) is 15.7. The van der Waals surface area contributed by atoms with Gasteiger partial charge >= 0.3 is 0 Å². The van der Waals surface area contributed by atoms with Gasteiger partial charge in [-0.1, -0.05) is 36.4 Å². The van der Waals surface area contributed by atoms with Crippen molar-refractivity contribution in [3.63, 3.8) is 0 Å². The van der Waals surface area contributed by atoms with Gasteiger partial charge in [0.1, 0.15) is 0 Å². The lowest BCUT2D eigenvalue weighted by Gasteiger charge is -2.24. The van der Waals surface area contributed by atoms with Crippen molar-refractivity contribution < 1.29 is 8.78 Å². The minimum Gasteiger partial charge on any atom is -0.326 e. The quantitative estimate of drug-likeness (QED) is 0.920. The molecule has 5 heteroatoms. The third-order valence-corrected chi connectivity index (χ3v) is 4.59. The van der Waals surface area contributed by atoms with E-state index in [9.17, 15) is 8.78 Å². The van der Waals surface area contributed by atoms with E-state index in [1.807, 2.05) is 25.1 Å². The van der Waals surface area contributed by atoms with E-state index in [2.05, 4.69) is 17.0 Å². The third-order valence-electron chi connectivity index (χ3n) is 4.59. The van der Waals surface area contributed by atoms with Gasteiger partial charge in [0.05, 0.1) is 0 Å². The van der Waals surface area contributed by atoms with E-state index in [0.717, 1.165) is 18.7 Å². The number of likely N-dealkylation sites (tertiary alicyclic amines) is 1. The van der Waals surface area contributed by atoms with Crippen LogP contribution in [0.4, 0.5) is 8.78 Å². The Morgan fingerprint density at radius 1 is 1.04 bits per heavy atom. The number of benzene rings is 2. The second-order valence-electron chi connectivity index (χ2n) is 5.98. The highest BCUT2D eigenvalue weighted by molar-refractivity contribution is 5.85. The lowest BCUT2D eigenvalue weighted by atomic mass is 9.95. The minimum atomic E-state index is -0.809.